The first kappa shape index (κ1) is 11.2. The van der Waals surface area contributed by atoms with E-state index in [-0.39, 0.29) is 17.4 Å². The lowest BCUT2D eigenvalue weighted by Crippen LogP contribution is -2.12. The van der Waals surface area contributed by atoms with Gasteiger partial charge in [-0.3, -0.25) is 0 Å². The summed E-state index contributed by atoms with van der Waals surface area (Å²) in [6.07, 6.45) is 0.403. The van der Waals surface area contributed by atoms with Crippen LogP contribution in [0.1, 0.15) is 6.42 Å². The molecule has 5 heteroatoms. The molecule has 0 aliphatic rings. The highest BCUT2D eigenvalue weighted by Gasteiger charge is 2.07. The van der Waals surface area contributed by atoms with E-state index in [1.165, 1.54) is 12.1 Å². The first-order valence-electron chi connectivity index (χ1n) is 3.96. The number of nitrogens with two attached hydrogens (primary N) is 1. The Bertz CT molecular complexity index is 325. The van der Waals surface area contributed by atoms with Gasteiger partial charge in [-0.25, -0.2) is 4.39 Å². The molecule has 0 saturated carbocycles. The molecule has 0 aliphatic heterocycles. The van der Waals surface area contributed by atoms with E-state index in [1.807, 2.05) is 0 Å². The molecule has 0 heterocycles. The average molecular weight is 234 g/mol. The summed E-state index contributed by atoms with van der Waals surface area (Å²) in [6.45, 7) is 0.232. The van der Waals surface area contributed by atoms with Crippen molar-refractivity contribution in [1.82, 2.24) is 0 Å². The molecule has 1 rings (SSSR count). The van der Waals surface area contributed by atoms with Crippen LogP contribution in [0.4, 0.5) is 4.39 Å². The molecule has 2 N–H and O–H groups in total. The van der Waals surface area contributed by atoms with E-state index in [4.69, 9.17) is 22.1 Å². The van der Waals surface area contributed by atoms with Crippen molar-refractivity contribution >= 4 is 28.8 Å². The molecule has 0 spiro atoms. The minimum atomic E-state index is -0.486. The second-order valence-corrected chi connectivity index (χ2v) is 3.55. The van der Waals surface area contributed by atoms with Gasteiger partial charge in [-0.1, -0.05) is 29.9 Å². The van der Waals surface area contributed by atoms with Crippen LogP contribution in [0.5, 0.6) is 5.75 Å². The molecule has 0 atom stereocenters. The lowest BCUT2D eigenvalue weighted by atomic mass is 10.3. The molecule has 76 valence electrons. The van der Waals surface area contributed by atoms with Crippen LogP contribution in [-0.4, -0.2) is 11.6 Å². The van der Waals surface area contributed by atoms with Gasteiger partial charge in [0, 0.05) is 6.42 Å². The second-order valence-electron chi connectivity index (χ2n) is 2.62. The first-order chi connectivity index (χ1) is 6.61. The highest BCUT2D eigenvalue weighted by molar-refractivity contribution is 7.80. The van der Waals surface area contributed by atoms with Crippen molar-refractivity contribution in [2.24, 2.45) is 5.73 Å². The van der Waals surface area contributed by atoms with Gasteiger partial charge in [0.25, 0.3) is 0 Å². The number of hydrogen-bond acceptors (Lipinski definition) is 2. The van der Waals surface area contributed by atoms with Gasteiger partial charge in [-0.15, -0.1) is 0 Å². The maximum Gasteiger partial charge on any atom is 0.173 e. The second kappa shape index (κ2) is 5.12. The summed E-state index contributed by atoms with van der Waals surface area (Å²) in [5, 5.41) is 0.243. The summed E-state index contributed by atoms with van der Waals surface area (Å²) in [7, 11) is 0. The molecule has 1 aromatic rings. The van der Waals surface area contributed by atoms with Gasteiger partial charge in [-0.2, -0.15) is 0 Å². The van der Waals surface area contributed by atoms with E-state index in [0.717, 1.165) is 0 Å². The quantitative estimate of drug-likeness (QED) is 0.812. The Kier molecular flexibility index (Phi) is 4.10. The molecule has 0 amide bonds. The van der Waals surface area contributed by atoms with Gasteiger partial charge in [0.1, 0.15) is 0 Å². The number of rotatable bonds is 4. The number of thiocarbonyl (C=S) groups is 1. The molecule has 0 radical (unpaired) electrons. The van der Waals surface area contributed by atoms with Gasteiger partial charge < -0.3 is 10.5 Å². The Hall–Kier alpha value is -0.870. The zero-order valence-corrected chi connectivity index (χ0v) is 8.87. The number of benzene rings is 1. The van der Waals surface area contributed by atoms with Crippen LogP contribution in [0.2, 0.25) is 5.02 Å². The predicted molar refractivity (Wildman–Crippen MR) is 58.3 cm³/mol. The summed E-state index contributed by atoms with van der Waals surface area (Å²) in [5.41, 5.74) is 5.26. The van der Waals surface area contributed by atoms with Gasteiger partial charge in [-0.05, 0) is 12.1 Å². The van der Waals surface area contributed by atoms with Crippen LogP contribution in [0, 0.1) is 5.82 Å². The summed E-state index contributed by atoms with van der Waals surface area (Å²) < 4.78 is 18.2. The molecule has 0 fully saturated rings. The molecule has 0 aromatic heterocycles. The molecule has 0 aliphatic carbocycles. The number of ether oxygens (including phenoxy) is 1. The number of hydrogen-bond donors (Lipinski definition) is 1. The molecular formula is C9H9ClFNOS. The minimum absolute atomic E-state index is 0.0467. The SMILES string of the molecule is NC(=S)CCOc1c(F)cccc1Cl. The van der Waals surface area contributed by atoms with E-state index >= 15 is 0 Å². The Morgan fingerprint density at radius 3 is 2.86 bits per heavy atom. The molecule has 2 nitrogen and oxygen atoms in total. The Morgan fingerprint density at radius 1 is 1.57 bits per heavy atom. The van der Waals surface area contributed by atoms with E-state index < -0.39 is 5.82 Å². The van der Waals surface area contributed by atoms with Crippen molar-refractivity contribution in [3.05, 3.63) is 29.0 Å². The van der Waals surface area contributed by atoms with Gasteiger partial charge >= 0.3 is 0 Å². The van der Waals surface area contributed by atoms with Crippen molar-refractivity contribution < 1.29 is 9.13 Å². The van der Waals surface area contributed by atoms with Crippen LogP contribution < -0.4 is 10.5 Å². The minimum Gasteiger partial charge on any atom is -0.488 e. The fraction of sp³-hybridized carbons (Fsp3) is 0.222. The molecular weight excluding hydrogens is 225 g/mol. The van der Waals surface area contributed by atoms with Crippen molar-refractivity contribution in [3.8, 4) is 5.75 Å². The van der Waals surface area contributed by atoms with Crippen LogP contribution in [0.3, 0.4) is 0 Å². The smallest absolute Gasteiger partial charge is 0.173 e. The monoisotopic (exact) mass is 233 g/mol. The fourth-order valence-electron chi connectivity index (χ4n) is 0.874. The summed E-state index contributed by atoms with van der Waals surface area (Å²) in [6, 6.07) is 4.35. The summed E-state index contributed by atoms with van der Waals surface area (Å²) >= 11 is 10.4. The van der Waals surface area contributed by atoms with Gasteiger partial charge in [0.05, 0.1) is 16.6 Å². The van der Waals surface area contributed by atoms with Crippen molar-refractivity contribution in [2.75, 3.05) is 6.61 Å². The zero-order chi connectivity index (χ0) is 10.6. The van der Waals surface area contributed by atoms with Crippen LogP contribution in [0.15, 0.2) is 18.2 Å². The third-order valence-electron chi connectivity index (χ3n) is 1.51. The maximum atomic E-state index is 13.1. The van der Waals surface area contributed by atoms with Crippen LogP contribution >= 0.6 is 23.8 Å². The largest absolute Gasteiger partial charge is 0.488 e. The topological polar surface area (TPSA) is 35.2 Å². The molecule has 1 aromatic carbocycles. The molecule has 0 bridgehead atoms. The van der Waals surface area contributed by atoms with Gasteiger partial charge in [0.2, 0.25) is 0 Å². The highest BCUT2D eigenvalue weighted by Crippen LogP contribution is 2.27. The molecule has 14 heavy (non-hydrogen) atoms. The van der Waals surface area contributed by atoms with Crippen LogP contribution in [-0.2, 0) is 0 Å². The zero-order valence-electron chi connectivity index (χ0n) is 7.30. The maximum absolute atomic E-state index is 13.1. The van der Waals surface area contributed by atoms with E-state index in [2.05, 4.69) is 12.2 Å². The van der Waals surface area contributed by atoms with Crippen molar-refractivity contribution in [3.63, 3.8) is 0 Å². The highest BCUT2D eigenvalue weighted by atomic mass is 35.5. The number of halogens is 2. The fourth-order valence-corrected chi connectivity index (χ4v) is 1.17. The predicted octanol–water partition coefficient (Wildman–Crippen LogP) is 2.53. The lowest BCUT2D eigenvalue weighted by Gasteiger charge is -2.07. The van der Waals surface area contributed by atoms with E-state index in [0.29, 0.717) is 11.4 Å². The number of para-hydroxylation sites is 1. The van der Waals surface area contributed by atoms with Crippen LogP contribution in [0.25, 0.3) is 0 Å². The summed E-state index contributed by atoms with van der Waals surface area (Å²) in [4.78, 5) is 0.331. The Balaban J connectivity index is 2.62. The Labute approximate surface area is 91.8 Å². The van der Waals surface area contributed by atoms with Gasteiger partial charge in [0.15, 0.2) is 11.6 Å². The van der Waals surface area contributed by atoms with E-state index in [9.17, 15) is 4.39 Å². The third kappa shape index (κ3) is 3.12. The van der Waals surface area contributed by atoms with E-state index in [1.54, 1.807) is 6.07 Å². The third-order valence-corrected chi connectivity index (χ3v) is 2.02. The molecule has 0 saturated heterocycles. The van der Waals surface area contributed by atoms with Crippen molar-refractivity contribution in [1.29, 1.82) is 0 Å². The standard InChI is InChI=1S/C9H9ClFNOS/c10-6-2-1-3-7(11)9(6)13-5-4-8(12)14/h1-3H,4-5H2,(H2,12,14). The molecule has 0 unspecified atom stereocenters. The normalized spacial score (nSPS) is 9.86. The average Bonchev–Trinajstić information content (AvgIpc) is 2.09. The van der Waals surface area contributed by atoms with Crippen molar-refractivity contribution in [2.45, 2.75) is 6.42 Å². The first-order valence-corrected chi connectivity index (χ1v) is 4.75. The lowest BCUT2D eigenvalue weighted by molar-refractivity contribution is 0.312. The summed E-state index contributed by atoms with van der Waals surface area (Å²) in [5.74, 6) is -0.439. The Morgan fingerprint density at radius 2 is 2.29 bits per heavy atom.